The molecule has 0 amide bonds. The van der Waals surface area contributed by atoms with E-state index >= 15 is 0 Å². The Bertz CT molecular complexity index is 961. The minimum absolute atomic E-state index is 0.0113. The van der Waals surface area contributed by atoms with Gasteiger partial charge in [0.2, 0.25) is 0 Å². The van der Waals surface area contributed by atoms with Gasteiger partial charge in [0.25, 0.3) is 0 Å². The van der Waals surface area contributed by atoms with Crippen LogP contribution in [0.1, 0.15) is 30.4 Å². The monoisotopic (exact) mass is 452 g/mol. The minimum Gasteiger partial charge on any atom is -0.373 e. The highest BCUT2D eigenvalue weighted by Gasteiger charge is 2.37. The Balaban J connectivity index is 1.69. The summed E-state index contributed by atoms with van der Waals surface area (Å²) in [6.07, 6.45) is -3.97. The van der Waals surface area contributed by atoms with Gasteiger partial charge in [0.1, 0.15) is 0 Å². The molecule has 1 aliphatic carbocycles. The van der Waals surface area contributed by atoms with Gasteiger partial charge >= 0.3 is 6.18 Å². The number of hydrogen-bond acceptors (Lipinski definition) is 3. The van der Waals surface area contributed by atoms with Crippen LogP contribution in [0.15, 0.2) is 47.4 Å². The molecular formula is C19H17Cl2F3O3S. The Morgan fingerprint density at radius 1 is 1.07 bits per heavy atom. The van der Waals surface area contributed by atoms with E-state index in [1.165, 1.54) is 24.3 Å². The third kappa shape index (κ3) is 4.64. The van der Waals surface area contributed by atoms with E-state index in [9.17, 15) is 21.6 Å². The molecule has 0 heterocycles. The predicted octanol–water partition coefficient (Wildman–Crippen LogP) is 5.92. The number of rotatable bonds is 5. The van der Waals surface area contributed by atoms with Crippen molar-refractivity contribution in [1.29, 1.82) is 0 Å². The molecule has 0 bridgehead atoms. The largest absolute Gasteiger partial charge is 0.416 e. The quantitative estimate of drug-likeness (QED) is 0.564. The first kappa shape index (κ1) is 21.4. The molecule has 3 rings (SSSR count). The van der Waals surface area contributed by atoms with Gasteiger partial charge in [-0.15, -0.1) is 0 Å². The van der Waals surface area contributed by atoms with Crippen LogP contribution >= 0.6 is 23.2 Å². The Morgan fingerprint density at radius 3 is 2.46 bits per heavy atom. The molecule has 1 saturated carbocycles. The molecule has 0 spiro atoms. The lowest BCUT2D eigenvalue weighted by Gasteiger charge is -2.17. The van der Waals surface area contributed by atoms with Gasteiger partial charge in [-0.1, -0.05) is 41.4 Å². The summed E-state index contributed by atoms with van der Waals surface area (Å²) < 4.78 is 70.7. The molecule has 2 unspecified atom stereocenters. The van der Waals surface area contributed by atoms with E-state index in [0.717, 1.165) is 6.07 Å². The third-order valence-corrected chi connectivity index (χ3v) is 7.72. The number of sulfone groups is 1. The molecule has 28 heavy (non-hydrogen) atoms. The Labute approximate surface area is 171 Å². The second-order valence-corrected chi connectivity index (χ2v) is 9.68. The van der Waals surface area contributed by atoms with Crippen molar-refractivity contribution in [2.45, 2.75) is 48.3 Å². The summed E-state index contributed by atoms with van der Waals surface area (Å²) in [5.74, 6) is 0. The summed E-state index contributed by atoms with van der Waals surface area (Å²) in [6.45, 7) is -0.268. The lowest BCUT2D eigenvalue weighted by Crippen LogP contribution is -2.20. The topological polar surface area (TPSA) is 43.4 Å². The summed E-state index contributed by atoms with van der Waals surface area (Å²) >= 11 is 11.7. The van der Waals surface area contributed by atoms with E-state index in [1.807, 2.05) is 0 Å². The van der Waals surface area contributed by atoms with Crippen LogP contribution in [0.2, 0.25) is 10.0 Å². The molecule has 0 aliphatic heterocycles. The highest BCUT2D eigenvalue weighted by molar-refractivity contribution is 7.92. The number of ether oxygens (including phenoxy) is 1. The Hall–Kier alpha value is -1.28. The molecule has 2 atom stereocenters. The average molecular weight is 453 g/mol. The van der Waals surface area contributed by atoms with Crippen LogP contribution in [0, 0.1) is 0 Å². The molecule has 1 fully saturated rings. The summed E-state index contributed by atoms with van der Waals surface area (Å²) in [5.41, 5.74) is -0.882. The summed E-state index contributed by atoms with van der Waals surface area (Å²) in [5, 5.41) is -0.532. The predicted molar refractivity (Wildman–Crippen MR) is 101 cm³/mol. The van der Waals surface area contributed by atoms with Crippen molar-refractivity contribution in [2.75, 3.05) is 0 Å². The van der Waals surface area contributed by atoms with Crippen LogP contribution in [0.3, 0.4) is 0 Å². The fraction of sp³-hybridized carbons (Fsp3) is 0.368. The van der Waals surface area contributed by atoms with Gasteiger partial charge in [0.05, 0.1) is 33.4 Å². The van der Waals surface area contributed by atoms with Crippen LogP contribution in [-0.2, 0) is 27.4 Å². The van der Waals surface area contributed by atoms with Gasteiger partial charge in [0.15, 0.2) is 9.84 Å². The van der Waals surface area contributed by atoms with Crippen LogP contribution in [0.5, 0.6) is 0 Å². The van der Waals surface area contributed by atoms with Gasteiger partial charge in [-0.05, 0) is 49.1 Å². The molecule has 0 radical (unpaired) electrons. The maximum atomic E-state index is 13.2. The Morgan fingerprint density at radius 2 is 1.79 bits per heavy atom. The van der Waals surface area contributed by atoms with Crippen molar-refractivity contribution in [1.82, 2.24) is 0 Å². The van der Waals surface area contributed by atoms with Crippen molar-refractivity contribution in [3.05, 3.63) is 63.6 Å². The molecule has 0 N–H and O–H groups in total. The lowest BCUT2D eigenvalue weighted by molar-refractivity contribution is -0.139. The SMILES string of the molecule is O=S(=O)(c1ccccc1Cl)C1CCC(OCc2ccc(Cl)cc2C(F)(F)F)C1. The van der Waals surface area contributed by atoms with E-state index in [4.69, 9.17) is 27.9 Å². The smallest absolute Gasteiger partial charge is 0.373 e. The van der Waals surface area contributed by atoms with Gasteiger partial charge in [-0.2, -0.15) is 13.2 Å². The third-order valence-electron chi connectivity index (χ3n) is 4.77. The van der Waals surface area contributed by atoms with Crippen molar-refractivity contribution in [3.63, 3.8) is 0 Å². The molecule has 2 aromatic rings. The van der Waals surface area contributed by atoms with Gasteiger partial charge in [-0.3, -0.25) is 0 Å². The van der Waals surface area contributed by atoms with Crippen molar-refractivity contribution < 1.29 is 26.3 Å². The van der Waals surface area contributed by atoms with E-state index in [-0.39, 0.29) is 33.5 Å². The van der Waals surface area contributed by atoms with Crippen molar-refractivity contribution in [3.8, 4) is 0 Å². The lowest BCUT2D eigenvalue weighted by atomic mass is 10.1. The molecule has 1 aliphatic rings. The number of hydrogen-bond donors (Lipinski definition) is 0. The fourth-order valence-electron chi connectivity index (χ4n) is 3.34. The Kier molecular flexibility index (Phi) is 6.29. The number of alkyl halides is 3. The van der Waals surface area contributed by atoms with Crippen molar-refractivity contribution in [2.24, 2.45) is 0 Å². The maximum absolute atomic E-state index is 13.2. The molecule has 0 saturated heterocycles. The van der Waals surface area contributed by atoms with E-state index in [0.29, 0.717) is 12.8 Å². The highest BCUT2D eigenvalue weighted by Crippen LogP contribution is 2.37. The summed E-state index contributed by atoms with van der Waals surface area (Å²) in [6, 6.07) is 9.71. The normalized spacial score (nSPS) is 20.5. The summed E-state index contributed by atoms with van der Waals surface area (Å²) in [7, 11) is -3.63. The van der Waals surface area contributed by atoms with Crippen LogP contribution in [0.4, 0.5) is 13.2 Å². The maximum Gasteiger partial charge on any atom is 0.416 e. The molecular weight excluding hydrogens is 436 g/mol. The van der Waals surface area contributed by atoms with Crippen LogP contribution < -0.4 is 0 Å². The summed E-state index contributed by atoms with van der Waals surface area (Å²) in [4.78, 5) is 0.0689. The molecule has 9 heteroatoms. The standard InChI is InChI=1S/C19H17Cl2F3O3S/c20-13-6-5-12(16(9-13)19(22,23)24)11-27-14-7-8-15(10-14)28(25,26)18-4-2-1-3-17(18)21/h1-6,9,14-15H,7-8,10-11H2. The average Bonchev–Trinajstić information content (AvgIpc) is 3.10. The van der Waals surface area contributed by atoms with E-state index < -0.39 is 32.9 Å². The first-order chi connectivity index (χ1) is 13.1. The van der Waals surface area contributed by atoms with E-state index in [2.05, 4.69) is 0 Å². The van der Waals surface area contributed by atoms with Gasteiger partial charge in [-0.25, -0.2) is 8.42 Å². The molecule has 152 valence electrons. The van der Waals surface area contributed by atoms with E-state index in [1.54, 1.807) is 12.1 Å². The second-order valence-electron chi connectivity index (χ2n) is 6.64. The van der Waals surface area contributed by atoms with Crippen LogP contribution in [0.25, 0.3) is 0 Å². The van der Waals surface area contributed by atoms with Crippen molar-refractivity contribution >= 4 is 33.0 Å². The second kappa shape index (κ2) is 8.22. The first-order valence-corrected chi connectivity index (χ1v) is 10.8. The minimum atomic E-state index is -4.55. The number of benzene rings is 2. The van der Waals surface area contributed by atoms with Gasteiger partial charge in [0, 0.05) is 5.02 Å². The van der Waals surface area contributed by atoms with Crippen LogP contribution in [-0.4, -0.2) is 19.8 Å². The zero-order chi connectivity index (χ0) is 20.5. The van der Waals surface area contributed by atoms with Gasteiger partial charge < -0.3 is 4.74 Å². The molecule has 2 aromatic carbocycles. The molecule has 3 nitrogen and oxygen atoms in total. The number of halogens is 5. The highest BCUT2D eigenvalue weighted by atomic mass is 35.5. The molecule has 0 aromatic heterocycles. The fourth-order valence-corrected chi connectivity index (χ4v) is 5.85. The zero-order valence-electron chi connectivity index (χ0n) is 14.5. The first-order valence-electron chi connectivity index (χ1n) is 8.54. The zero-order valence-corrected chi connectivity index (χ0v) is 16.9.